The van der Waals surface area contributed by atoms with E-state index in [9.17, 15) is 9.59 Å². The number of carbonyl (C=O) groups excluding carboxylic acids is 2. The van der Waals surface area contributed by atoms with Crippen LogP contribution in [0, 0.1) is 0 Å². The molecule has 0 atom stereocenters. The number of carbonyl (C=O) groups is 2. The average Bonchev–Trinajstić information content (AvgIpc) is 3.30. The van der Waals surface area contributed by atoms with Crippen molar-refractivity contribution in [3.63, 3.8) is 0 Å². The molecule has 2 aliphatic heterocycles. The van der Waals surface area contributed by atoms with Gasteiger partial charge in [0.05, 0.1) is 12.8 Å². The van der Waals surface area contributed by atoms with E-state index in [-0.39, 0.29) is 11.7 Å². The van der Waals surface area contributed by atoms with Crippen LogP contribution in [-0.4, -0.2) is 88.6 Å². The summed E-state index contributed by atoms with van der Waals surface area (Å²) in [6.07, 6.45) is 5.72. The summed E-state index contributed by atoms with van der Waals surface area (Å²) in [7, 11) is 1.63. The largest absolute Gasteiger partial charge is 0.474 e. The average molecular weight is 517 g/mol. The highest BCUT2D eigenvalue weighted by Gasteiger charge is 2.49. The fourth-order valence-corrected chi connectivity index (χ4v) is 5.95. The highest BCUT2D eigenvalue weighted by molar-refractivity contribution is 7.80. The van der Waals surface area contributed by atoms with Crippen LogP contribution in [-0.2, 0) is 16.0 Å². The summed E-state index contributed by atoms with van der Waals surface area (Å²) in [5.74, 6) is 0.181. The smallest absolute Gasteiger partial charge is 0.259 e. The lowest BCUT2D eigenvalue weighted by atomic mass is 10.0. The van der Waals surface area contributed by atoms with Crippen LogP contribution in [0.4, 0.5) is 5.69 Å². The number of nitrogens with zero attached hydrogens (tertiary/aromatic N) is 4. The maximum Gasteiger partial charge on any atom is 0.259 e. The third kappa shape index (κ3) is 5.37. The lowest BCUT2D eigenvalue weighted by Gasteiger charge is -2.35. The molecular weight excluding hydrogens is 480 g/mol. The van der Waals surface area contributed by atoms with E-state index in [1.165, 1.54) is 6.42 Å². The van der Waals surface area contributed by atoms with Crippen LogP contribution in [0.15, 0.2) is 18.2 Å². The summed E-state index contributed by atoms with van der Waals surface area (Å²) in [6, 6.07) is 5.67. The molecule has 1 aromatic rings. The second-order valence-corrected chi connectivity index (χ2v) is 10.8. The molecule has 2 heterocycles. The number of hydrogen-bond donors (Lipinski definition) is 0. The van der Waals surface area contributed by atoms with Crippen molar-refractivity contribution >= 4 is 52.1 Å². The third-order valence-electron chi connectivity index (χ3n) is 7.50. The molecule has 9 heteroatoms. The quantitative estimate of drug-likeness (QED) is 0.384. The maximum absolute atomic E-state index is 13.3. The Labute approximate surface area is 219 Å². The first-order chi connectivity index (χ1) is 16.7. The summed E-state index contributed by atoms with van der Waals surface area (Å²) in [5, 5.41) is 1.16. The van der Waals surface area contributed by atoms with Gasteiger partial charge in [-0.2, -0.15) is 0 Å². The van der Waals surface area contributed by atoms with Gasteiger partial charge in [0.1, 0.15) is 5.54 Å². The van der Waals surface area contributed by atoms with Crippen molar-refractivity contribution in [2.75, 3.05) is 51.3 Å². The number of fused-ring (bicyclic) bond motifs is 1. The molecule has 2 fully saturated rings. The highest BCUT2D eigenvalue weighted by atomic mass is 32.1. The third-order valence-corrected chi connectivity index (χ3v) is 8.33. The second kappa shape index (κ2) is 10.9. The molecule has 4 rings (SSSR count). The lowest BCUT2D eigenvalue weighted by Crippen LogP contribution is -2.48. The Bertz CT molecular complexity index is 1000. The summed E-state index contributed by atoms with van der Waals surface area (Å²) in [5.41, 5.74) is 1.90. The SMILES string of the molecule is COC(=S)N1CCN(CCCCCCN2C(=S)N(c3ccc4c(c3)CCC4=O)C(=O)C2(C)C)CC1. The lowest BCUT2D eigenvalue weighted by molar-refractivity contribution is -0.123. The van der Waals surface area contributed by atoms with E-state index in [0.29, 0.717) is 16.7 Å². The number of methoxy groups -OCH3 is 1. The Morgan fingerprint density at radius 2 is 1.69 bits per heavy atom. The molecule has 1 amide bonds. The predicted molar refractivity (Wildman–Crippen MR) is 146 cm³/mol. The van der Waals surface area contributed by atoms with Gasteiger partial charge >= 0.3 is 0 Å². The fraction of sp³-hybridized carbons (Fsp3) is 0.615. The van der Waals surface area contributed by atoms with Crippen molar-refractivity contribution in [2.24, 2.45) is 0 Å². The van der Waals surface area contributed by atoms with Gasteiger partial charge < -0.3 is 14.5 Å². The molecule has 2 saturated heterocycles. The minimum atomic E-state index is -0.672. The normalized spacial score (nSPS) is 20.1. The van der Waals surface area contributed by atoms with Crippen LogP contribution in [0.25, 0.3) is 0 Å². The number of benzene rings is 1. The first kappa shape index (κ1) is 26.0. The molecule has 7 nitrogen and oxygen atoms in total. The molecule has 190 valence electrons. The van der Waals surface area contributed by atoms with Crippen LogP contribution in [0.3, 0.4) is 0 Å². The number of Topliss-reactive ketones (excluding diaryl/α,β-unsaturated/α-hetero) is 1. The van der Waals surface area contributed by atoms with Crippen molar-refractivity contribution in [2.45, 2.75) is 57.9 Å². The number of hydrogen-bond acceptors (Lipinski definition) is 6. The molecule has 0 saturated carbocycles. The van der Waals surface area contributed by atoms with Crippen molar-refractivity contribution in [1.82, 2.24) is 14.7 Å². The van der Waals surface area contributed by atoms with Crippen molar-refractivity contribution in [3.05, 3.63) is 29.3 Å². The van der Waals surface area contributed by atoms with Crippen LogP contribution >= 0.6 is 24.4 Å². The summed E-state index contributed by atoms with van der Waals surface area (Å²) < 4.78 is 5.16. The van der Waals surface area contributed by atoms with Gasteiger partial charge in [0.25, 0.3) is 11.1 Å². The second-order valence-electron chi connectivity index (χ2n) is 10.1. The molecule has 0 unspecified atom stereocenters. The van der Waals surface area contributed by atoms with Crippen LogP contribution in [0.1, 0.15) is 61.9 Å². The molecule has 0 radical (unpaired) electrons. The molecule has 0 aromatic heterocycles. The van der Waals surface area contributed by atoms with E-state index in [2.05, 4.69) is 14.7 Å². The predicted octanol–water partition coefficient (Wildman–Crippen LogP) is 3.64. The van der Waals surface area contributed by atoms with Crippen molar-refractivity contribution in [3.8, 4) is 0 Å². The Morgan fingerprint density at radius 1 is 1.00 bits per heavy atom. The Morgan fingerprint density at radius 3 is 2.37 bits per heavy atom. The zero-order valence-electron chi connectivity index (χ0n) is 21.0. The van der Waals surface area contributed by atoms with Crippen molar-refractivity contribution < 1.29 is 14.3 Å². The number of ether oxygens (including phenoxy) is 1. The first-order valence-corrected chi connectivity index (χ1v) is 13.4. The Kier molecular flexibility index (Phi) is 8.08. The van der Waals surface area contributed by atoms with Crippen LogP contribution in [0.5, 0.6) is 0 Å². The van der Waals surface area contributed by atoms with Gasteiger partial charge in [-0.1, -0.05) is 12.8 Å². The van der Waals surface area contributed by atoms with E-state index in [4.69, 9.17) is 29.2 Å². The van der Waals surface area contributed by atoms with Crippen LogP contribution < -0.4 is 4.90 Å². The number of rotatable bonds is 8. The highest BCUT2D eigenvalue weighted by Crippen LogP contribution is 2.35. The molecule has 3 aliphatic rings. The zero-order valence-corrected chi connectivity index (χ0v) is 22.7. The van der Waals surface area contributed by atoms with E-state index < -0.39 is 5.54 Å². The van der Waals surface area contributed by atoms with Gasteiger partial charge in [-0.25, -0.2) is 0 Å². The maximum atomic E-state index is 13.3. The van der Waals surface area contributed by atoms with Crippen LogP contribution in [0.2, 0.25) is 0 Å². The summed E-state index contributed by atoms with van der Waals surface area (Å²) in [4.78, 5) is 33.6. The molecule has 1 aromatic carbocycles. The van der Waals surface area contributed by atoms with E-state index >= 15 is 0 Å². The number of amides is 1. The summed E-state index contributed by atoms with van der Waals surface area (Å²) >= 11 is 11.0. The minimum Gasteiger partial charge on any atom is -0.474 e. The number of ketones is 1. The Hall–Kier alpha value is -2.10. The standard InChI is InChI=1S/C26H36N4O3S2/c1-26(2)23(32)30(20-9-10-21-19(18-20)8-11-22(21)31)24(34)29(26)13-7-5-4-6-12-27-14-16-28(17-15-27)25(35)33-3/h9-10,18H,4-8,11-17H2,1-3H3. The van der Waals surface area contributed by atoms with E-state index in [1.54, 1.807) is 12.0 Å². The number of aryl methyl sites for hydroxylation is 1. The number of piperazine rings is 1. The molecule has 0 N–H and O–H groups in total. The van der Waals surface area contributed by atoms with Gasteiger partial charge in [-0.3, -0.25) is 19.4 Å². The number of anilines is 1. The van der Waals surface area contributed by atoms with Gasteiger partial charge in [0.2, 0.25) is 0 Å². The first-order valence-electron chi connectivity index (χ1n) is 12.6. The van der Waals surface area contributed by atoms with E-state index in [1.807, 2.05) is 32.0 Å². The molecule has 35 heavy (non-hydrogen) atoms. The Balaban J connectivity index is 1.23. The topological polar surface area (TPSA) is 56.3 Å². The van der Waals surface area contributed by atoms with Gasteiger partial charge in [0, 0.05) is 44.7 Å². The summed E-state index contributed by atoms with van der Waals surface area (Å²) in [6.45, 7) is 9.68. The van der Waals surface area contributed by atoms with Gasteiger partial charge in [0.15, 0.2) is 10.9 Å². The molecule has 1 aliphatic carbocycles. The number of unbranched alkanes of at least 4 members (excludes halogenated alkanes) is 3. The molecular formula is C26H36N4O3S2. The van der Waals surface area contributed by atoms with Gasteiger partial charge in [-0.15, -0.1) is 0 Å². The molecule has 0 bridgehead atoms. The zero-order chi connectivity index (χ0) is 25.2. The molecule has 0 spiro atoms. The van der Waals surface area contributed by atoms with Gasteiger partial charge in [-0.05, 0) is 87.9 Å². The van der Waals surface area contributed by atoms with E-state index in [0.717, 1.165) is 81.8 Å². The minimum absolute atomic E-state index is 0.00105. The van der Waals surface area contributed by atoms with Crippen molar-refractivity contribution in [1.29, 1.82) is 0 Å². The monoisotopic (exact) mass is 516 g/mol. The number of thiocarbonyl (C=S) groups is 2. The fourth-order valence-electron chi connectivity index (χ4n) is 5.26.